The Morgan fingerprint density at radius 2 is 2.00 bits per heavy atom. The zero-order chi connectivity index (χ0) is 15.1. The first-order valence-electron chi connectivity index (χ1n) is 7.26. The van der Waals surface area contributed by atoms with Gasteiger partial charge in [-0.15, -0.1) is 0 Å². The van der Waals surface area contributed by atoms with Crippen molar-refractivity contribution in [3.63, 3.8) is 0 Å². The van der Waals surface area contributed by atoms with Gasteiger partial charge in [-0.3, -0.25) is 9.78 Å². The van der Waals surface area contributed by atoms with Gasteiger partial charge in [0.05, 0.1) is 19.3 Å². The van der Waals surface area contributed by atoms with E-state index in [0.29, 0.717) is 11.3 Å². The molecule has 0 spiro atoms. The molecule has 1 aliphatic heterocycles. The first-order valence-corrected chi connectivity index (χ1v) is 7.26. The Morgan fingerprint density at radius 1 is 1.29 bits per heavy atom. The van der Waals surface area contributed by atoms with Crippen LogP contribution in [0, 0.1) is 0 Å². The lowest BCUT2D eigenvalue weighted by molar-refractivity contribution is 0.0761. The predicted molar refractivity (Wildman–Crippen MR) is 77.9 cm³/mol. The molecule has 21 heavy (non-hydrogen) atoms. The van der Waals surface area contributed by atoms with Gasteiger partial charge in [0.1, 0.15) is 0 Å². The molecule has 2 rings (SSSR count). The molecule has 0 aliphatic carbocycles. The molecule has 0 radical (unpaired) electrons. The molecule has 0 unspecified atom stereocenters. The van der Waals surface area contributed by atoms with Crippen LogP contribution in [0.2, 0.25) is 0 Å². The van der Waals surface area contributed by atoms with Crippen molar-refractivity contribution in [1.29, 1.82) is 0 Å². The van der Waals surface area contributed by atoms with Crippen LogP contribution in [0.25, 0.3) is 0 Å². The number of rotatable bonds is 3. The number of alkyl carbamates (subject to hydrolysis) is 1. The molecule has 2 amide bonds. The van der Waals surface area contributed by atoms with E-state index in [9.17, 15) is 9.59 Å². The van der Waals surface area contributed by atoms with Gasteiger partial charge in [-0.25, -0.2) is 4.79 Å². The number of methoxy groups -OCH3 is 1. The Bertz CT molecular complexity index is 497. The van der Waals surface area contributed by atoms with Gasteiger partial charge >= 0.3 is 6.09 Å². The lowest BCUT2D eigenvalue weighted by Gasteiger charge is -2.20. The first kappa shape index (κ1) is 15.3. The molecule has 1 saturated heterocycles. The number of carbonyl (C=O) groups excluding carboxylic acids is 2. The number of pyridine rings is 1. The van der Waals surface area contributed by atoms with E-state index in [4.69, 9.17) is 0 Å². The quantitative estimate of drug-likeness (QED) is 0.924. The number of likely N-dealkylation sites (tertiary alicyclic amines) is 1. The second kappa shape index (κ2) is 7.61. The molecule has 0 atom stereocenters. The van der Waals surface area contributed by atoms with E-state index >= 15 is 0 Å². The molecule has 6 heteroatoms. The number of amides is 2. The van der Waals surface area contributed by atoms with Crippen LogP contribution >= 0.6 is 0 Å². The van der Waals surface area contributed by atoms with E-state index in [-0.39, 0.29) is 12.5 Å². The number of hydrogen-bond donors (Lipinski definition) is 1. The molecule has 6 nitrogen and oxygen atoms in total. The number of ether oxygens (including phenoxy) is 1. The molecule has 1 N–H and O–H groups in total. The number of nitrogens with zero attached hydrogens (tertiary/aromatic N) is 2. The third kappa shape index (κ3) is 4.44. The van der Waals surface area contributed by atoms with Crippen LogP contribution in [0.15, 0.2) is 18.3 Å². The molecule has 2 heterocycles. The van der Waals surface area contributed by atoms with E-state index in [1.165, 1.54) is 20.0 Å². The Labute approximate surface area is 124 Å². The fourth-order valence-electron chi connectivity index (χ4n) is 2.40. The summed E-state index contributed by atoms with van der Waals surface area (Å²) < 4.78 is 4.51. The van der Waals surface area contributed by atoms with Crippen LogP contribution in [0.1, 0.15) is 41.7 Å². The minimum atomic E-state index is -0.513. The van der Waals surface area contributed by atoms with E-state index in [2.05, 4.69) is 15.0 Å². The van der Waals surface area contributed by atoms with Gasteiger partial charge in [0, 0.05) is 24.8 Å². The van der Waals surface area contributed by atoms with Crippen molar-refractivity contribution in [2.24, 2.45) is 0 Å². The SMILES string of the molecule is COC(=O)NCc1cc(C(=O)N2CCCCCC2)ccn1. The maximum Gasteiger partial charge on any atom is 0.407 e. The number of carbonyl (C=O) groups is 2. The lowest BCUT2D eigenvalue weighted by atomic mass is 10.2. The summed E-state index contributed by atoms with van der Waals surface area (Å²) in [5, 5.41) is 2.56. The summed E-state index contributed by atoms with van der Waals surface area (Å²) in [5.74, 6) is 0.0404. The average Bonchev–Trinajstić information content (AvgIpc) is 2.81. The number of aromatic nitrogens is 1. The van der Waals surface area contributed by atoms with Gasteiger partial charge in [-0.1, -0.05) is 12.8 Å². The highest BCUT2D eigenvalue weighted by Gasteiger charge is 2.17. The van der Waals surface area contributed by atoms with Crippen LogP contribution < -0.4 is 5.32 Å². The summed E-state index contributed by atoms with van der Waals surface area (Å²) in [6.07, 6.45) is 5.59. The molecule has 1 fully saturated rings. The van der Waals surface area contributed by atoms with E-state index in [1.807, 2.05) is 4.90 Å². The Balaban J connectivity index is 2.01. The monoisotopic (exact) mass is 291 g/mol. The number of nitrogens with one attached hydrogen (secondary N) is 1. The van der Waals surface area contributed by atoms with E-state index < -0.39 is 6.09 Å². The first-order chi connectivity index (χ1) is 10.2. The molecular formula is C15H21N3O3. The highest BCUT2D eigenvalue weighted by Crippen LogP contribution is 2.13. The van der Waals surface area contributed by atoms with Gasteiger partial charge < -0.3 is 15.0 Å². The van der Waals surface area contributed by atoms with Gasteiger partial charge in [0.2, 0.25) is 0 Å². The summed E-state index contributed by atoms with van der Waals surface area (Å²) in [4.78, 5) is 29.6. The summed E-state index contributed by atoms with van der Waals surface area (Å²) >= 11 is 0. The van der Waals surface area contributed by atoms with Crippen molar-refractivity contribution in [3.8, 4) is 0 Å². The van der Waals surface area contributed by atoms with Gasteiger partial charge in [-0.2, -0.15) is 0 Å². The highest BCUT2D eigenvalue weighted by molar-refractivity contribution is 5.94. The maximum absolute atomic E-state index is 12.5. The largest absolute Gasteiger partial charge is 0.453 e. The van der Waals surface area contributed by atoms with E-state index in [0.717, 1.165) is 25.9 Å². The van der Waals surface area contributed by atoms with Crippen molar-refractivity contribution in [2.75, 3.05) is 20.2 Å². The van der Waals surface area contributed by atoms with Crippen LogP contribution in [-0.2, 0) is 11.3 Å². The zero-order valence-corrected chi connectivity index (χ0v) is 12.3. The fraction of sp³-hybridized carbons (Fsp3) is 0.533. The zero-order valence-electron chi connectivity index (χ0n) is 12.3. The second-order valence-electron chi connectivity index (χ2n) is 5.09. The van der Waals surface area contributed by atoms with Crippen LogP contribution in [0.5, 0.6) is 0 Å². The molecule has 0 aromatic carbocycles. The van der Waals surface area contributed by atoms with Gasteiger partial charge in [0.15, 0.2) is 0 Å². The summed E-state index contributed by atoms with van der Waals surface area (Å²) in [5.41, 5.74) is 1.26. The van der Waals surface area contributed by atoms with Crippen LogP contribution in [0.3, 0.4) is 0 Å². The van der Waals surface area contributed by atoms with Crippen molar-refractivity contribution >= 4 is 12.0 Å². The topological polar surface area (TPSA) is 71.5 Å². The molecule has 0 saturated carbocycles. The van der Waals surface area contributed by atoms with E-state index in [1.54, 1.807) is 18.3 Å². The van der Waals surface area contributed by atoms with Crippen LogP contribution in [-0.4, -0.2) is 42.1 Å². The smallest absolute Gasteiger partial charge is 0.407 e. The lowest BCUT2D eigenvalue weighted by Crippen LogP contribution is -2.32. The molecule has 1 aromatic rings. The van der Waals surface area contributed by atoms with Crippen molar-refractivity contribution in [3.05, 3.63) is 29.6 Å². The Hall–Kier alpha value is -2.11. The average molecular weight is 291 g/mol. The second-order valence-corrected chi connectivity index (χ2v) is 5.09. The highest BCUT2D eigenvalue weighted by atomic mass is 16.5. The Morgan fingerprint density at radius 3 is 2.67 bits per heavy atom. The fourth-order valence-corrected chi connectivity index (χ4v) is 2.40. The minimum absolute atomic E-state index is 0.0404. The van der Waals surface area contributed by atoms with Crippen molar-refractivity contribution in [1.82, 2.24) is 15.2 Å². The number of hydrogen-bond acceptors (Lipinski definition) is 4. The standard InChI is InChI=1S/C15H21N3O3/c1-21-15(20)17-11-13-10-12(6-7-16-13)14(19)18-8-4-2-3-5-9-18/h6-7,10H,2-5,8-9,11H2,1H3,(H,17,20). The van der Waals surface area contributed by atoms with Gasteiger partial charge in [-0.05, 0) is 25.0 Å². The minimum Gasteiger partial charge on any atom is -0.453 e. The predicted octanol–water partition coefficient (Wildman–Crippen LogP) is 1.95. The maximum atomic E-state index is 12.5. The molecule has 1 aromatic heterocycles. The third-order valence-corrected chi connectivity index (χ3v) is 3.56. The summed E-state index contributed by atoms with van der Waals surface area (Å²) in [7, 11) is 1.31. The molecular weight excluding hydrogens is 270 g/mol. The molecule has 1 aliphatic rings. The molecule has 0 bridgehead atoms. The summed E-state index contributed by atoms with van der Waals surface area (Å²) in [6, 6.07) is 3.44. The Kier molecular flexibility index (Phi) is 5.54. The van der Waals surface area contributed by atoms with Crippen molar-refractivity contribution in [2.45, 2.75) is 32.2 Å². The third-order valence-electron chi connectivity index (χ3n) is 3.56. The van der Waals surface area contributed by atoms with Crippen LogP contribution in [0.4, 0.5) is 4.79 Å². The normalized spacial score (nSPS) is 15.2. The molecule has 114 valence electrons. The summed E-state index contributed by atoms with van der Waals surface area (Å²) in [6.45, 7) is 1.88. The van der Waals surface area contributed by atoms with Gasteiger partial charge in [0.25, 0.3) is 5.91 Å². The van der Waals surface area contributed by atoms with Crippen molar-refractivity contribution < 1.29 is 14.3 Å².